The van der Waals surface area contributed by atoms with Crippen LogP contribution in [0, 0.1) is 33.6 Å². The summed E-state index contributed by atoms with van der Waals surface area (Å²) in [5.74, 6) is 0.467. The summed E-state index contributed by atoms with van der Waals surface area (Å²) in [4.78, 5) is 8.15. The molecule has 10 rings (SSSR count). The highest BCUT2D eigenvalue weighted by molar-refractivity contribution is 7.26. The van der Waals surface area contributed by atoms with Gasteiger partial charge >= 0.3 is 0 Å². The molecule has 0 amide bonds. The average molecular weight is 1010 g/mol. The molecule has 0 N–H and O–H groups in total. The van der Waals surface area contributed by atoms with Crippen molar-refractivity contribution in [2.75, 3.05) is 14.7 Å². The van der Waals surface area contributed by atoms with E-state index in [1.807, 2.05) is 11.3 Å². The maximum Gasteiger partial charge on any atom is 0.251 e. The van der Waals surface area contributed by atoms with E-state index >= 15 is 0 Å². The molecule has 1 saturated carbocycles. The molecule has 0 saturated heterocycles. The molecule has 390 valence electrons. The Labute approximate surface area is 457 Å². The van der Waals surface area contributed by atoms with Crippen molar-refractivity contribution < 1.29 is 0 Å². The quantitative estimate of drug-likeness (QED) is 0.154. The van der Waals surface area contributed by atoms with Crippen LogP contribution >= 0.6 is 11.3 Å². The van der Waals surface area contributed by atoms with Crippen molar-refractivity contribution in [2.24, 2.45) is 5.92 Å². The third kappa shape index (κ3) is 8.80. The van der Waals surface area contributed by atoms with Gasteiger partial charge in [0.15, 0.2) is 0 Å². The van der Waals surface area contributed by atoms with Crippen LogP contribution in [0.5, 0.6) is 0 Å². The van der Waals surface area contributed by atoms with Crippen LogP contribution in [0.15, 0.2) is 115 Å². The number of fused-ring (bicyclic) bond motifs is 6. The number of hydrogen-bond acceptors (Lipinski definition) is 4. The lowest BCUT2D eigenvalue weighted by atomic mass is 9.32. The van der Waals surface area contributed by atoms with Gasteiger partial charge in [0.25, 0.3) is 6.71 Å². The zero-order valence-corrected chi connectivity index (χ0v) is 50.2. The number of aryl methyl sites for hydroxylation is 4. The van der Waals surface area contributed by atoms with E-state index in [-0.39, 0.29) is 33.9 Å². The monoisotopic (exact) mass is 1010 g/mol. The van der Waals surface area contributed by atoms with Crippen molar-refractivity contribution >= 4 is 89.0 Å². The lowest BCUT2D eigenvalue weighted by Crippen LogP contribution is -2.62. The SMILES string of the molecule is C=C1/C(=C\CC)B2c3ccc4c(sc5cc(C(C)(C)C)ccc54)c3N(c3c(C)cc(C(C)(C)C)cc3C)c3cc(N(c4ccc(C(C)(C)C)cc4C)c4ccc(C(C)(C)C)cc4C)cc(c32)N1C1(C)CCCCC1C. The molecule has 7 aromatic rings. The summed E-state index contributed by atoms with van der Waals surface area (Å²) in [5.41, 5.74) is 24.5. The van der Waals surface area contributed by atoms with E-state index in [4.69, 9.17) is 6.58 Å². The van der Waals surface area contributed by atoms with Gasteiger partial charge in [-0.15, -0.1) is 11.3 Å². The van der Waals surface area contributed by atoms with Crippen molar-refractivity contribution in [3.63, 3.8) is 0 Å². The van der Waals surface area contributed by atoms with E-state index in [0.29, 0.717) is 5.92 Å². The molecule has 1 aromatic heterocycles. The van der Waals surface area contributed by atoms with Crippen LogP contribution in [0.1, 0.15) is 180 Å². The Hall–Kier alpha value is -5.52. The second-order valence-corrected chi connectivity index (χ2v) is 28.6. The topological polar surface area (TPSA) is 9.72 Å². The lowest BCUT2D eigenvalue weighted by molar-refractivity contribution is 0.220. The molecular formula is C70H86BN3S. The van der Waals surface area contributed by atoms with E-state index in [1.54, 1.807) is 0 Å². The van der Waals surface area contributed by atoms with Crippen molar-refractivity contribution in [1.82, 2.24) is 0 Å². The van der Waals surface area contributed by atoms with E-state index < -0.39 is 0 Å². The Balaban J connectivity index is 1.40. The number of nitrogens with zero attached hydrogens (tertiary/aromatic N) is 3. The Bertz CT molecular complexity index is 3400. The van der Waals surface area contributed by atoms with Crippen LogP contribution < -0.4 is 25.6 Å². The van der Waals surface area contributed by atoms with Gasteiger partial charge in [-0.1, -0.05) is 183 Å². The molecule has 2 unspecified atom stereocenters. The molecule has 2 atom stereocenters. The predicted octanol–water partition coefficient (Wildman–Crippen LogP) is 19.5. The van der Waals surface area contributed by atoms with E-state index in [1.165, 1.54) is 140 Å². The molecular weight excluding hydrogens is 926 g/mol. The minimum atomic E-state index is -0.148. The van der Waals surface area contributed by atoms with Gasteiger partial charge in [0.1, 0.15) is 0 Å². The largest absolute Gasteiger partial charge is 0.337 e. The number of allylic oxidation sites excluding steroid dienone is 2. The predicted molar refractivity (Wildman–Crippen MR) is 333 cm³/mol. The summed E-state index contributed by atoms with van der Waals surface area (Å²) in [6, 6.07) is 36.8. The van der Waals surface area contributed by atoms with Crippen LogP contribution in [-0.4, -0.2) is 12.3 Å². The molecule has 2 aliphatic heterocycles. The molecule has 1 aliphatic carbocycles. The fraction of sp³-hybridized carbons (Fsp3) is 0.429. The third-order valence-electron chi connectivity index (χ3n) is 17.9. The number of anilines is 7. The fourth-order valence-corrected chi connectivity index (χ4v) is 14.5. The first kappa shape index (κ1) is 52.9. The maximum atomic E-state index is 5.26. The number of benzene rings is 6. The molecule has 1 fully saturated rings. The van der Waals surface area contributed by atoms with Crippen molar-refractivity contribution in [1.29, 1.82) is 0 Å². The zero-order valence-electron chi connectivity index (χ0n) is 49.4. The summed E-state index contributed by atoms with van der Waals surface area (Å²) >= 11 is 1.98. The van der Waals surface area contributed by atoms with Crippen molar-refractivity contribution in [2.45, 2.75) is 191 Å². The van der Waals surface area contributed by atoms with Crippen LogP contribution in [0.4, 0.5) is 39.8 Å². The van der Waals surface area contributed by atoms with Gasteiger partial charge in [-0.25, -0.2) is 0 Å². The highest BCUT2D eigenvalue weighted by Crippen LogP contribution is 2.55. The smallest absolute Gasteiger partial charge is 0.251 e. The first-order valence-electron chi connectivity index (χ1n) is 28.4. The average Bonchev–Trinajstić information content (AvgIpc) is 3.71. The van der Waals surface area contributed by atoms with Crippen molar-refractivity contribution in [3.8, 4) is 0 Å². The second-order valence-electron chi connectivity index (χ2n) is 27.5. The molecule has 6 aromatic carbocycles. The molecule has 3 heterocycles. The van der Waals surface area contributed by atoms with Gasteiger partial charge in [0.2, 0.25) is 0 Å². The van der Waals surface area contributed by atoms with Gasteiger partial charge in [-0.3, -0.25) is 0 Å². The van der Waals surface area contributed by atoms with E-state index in [2.05, 4.69) is 243 Å². The molecule has 0 spiro atoms. The molecule has 0 bridgehead atoms. The zero-order chi connectivity index (χ0) is 54.2. The first-order valence-corrected chi connectivity index (χ1v) is 29.2. The Morgan fingerprint density at radius 2 is 1.16 bits per heavy atom. The van der Waals surface area contributed by atoms with Gasteiger partial charge in [0, 0.05) is 49.5 Å². The van der Waals surface area contributed by atoms with Gasteiger partial charge in [-0.2, -0.15) is 0 Å². The minimum Gasteiger partial charge on any atom is -0.337 e. The summed E-state index contributed by atoms with van der Waals surface area (Å²) < 4.78 is 2.69. The normalized spacial score (nSPS) is 18.9. The fourth-order valence-electron chi connectivity index (χ4n) is 13.2. The summed E-state index contributed by atoms with van der Waals surface area (Å²) in [7, 11) is 0. The Morgan fingerprint density at radius 1 is 0.640 bits per heavy atom. The summed E-state index contributed by atoms with van der Waals surface area (Å²) in [6.07, 6.45) is 8.26. The lowest BCUT2D eigenvalue weighted by Gasteiger charge is -2.55. The highest BCUT2D eigenvalue weighted by Gasteiger charge is 2.51. The van der Waals surface area contributed by atoms with Gasteiger partial charge in [0.05, 0.1) is 21.8 Å². The van der Waals surface area contributed by atoms with Gasteiger partial charge in [-0.05, 0) is 173 Å². The number of thiophene rings is 1. The second kappa shape index (κ2) is 18.3. The molecule has 5 heteroatoms. The Morgan fingerprint density at radius 3 is 1.69 bits per heavy atom. The standard InChI is InChI=1S/C70H86BN3S/c1-21-24-55-47(7)74(70(20)34-23-22-25-46(70)6)60-41-52(72(57-32-27-48(35-42(57)2)66(8,9)10)58-33-28-49(36-43(58)3)67(11,12)13)40-59-62(60)71(55)56-31-30-54-53-29-26-50(68(14,15)16)39-61(53)75-65(54)64(56)73(59)63-44(4)37-51(38-45(63)5)69(17,18)19/h24,26-33,35-41,46H,7,21-23,25,34H2,1-6,8-20H3/b55-24+. The number of hydrogen-bond donors (Lipinski definition) is 0. The van der Waals surface area contributed by atoms with Crippen LogP contribution in [0.3, 0.4) is 0 Å². The molecule has 3 nitrogen and oxygen atoms in total. The summed E-state index contributed by atoms with van der Waals surface area (Å²) in [5, 5.41) is 2.66. The molecule has 75 heavy (non-hydrogen) atoms. The van der Waals surface area contributed by atoms with Crippen LogP contribution in [0.25, 0.3) is 20.2 Å². The maximum absolute atomic E-state index is 5.26. The number of rotatable bonds is 6. The Kier molecular flexibility index (Phi) is 12.9. The van der Waals surface area contributed by atoms with Gasteiger partial charge < -0.3 is 14.7 Å². The minimum absolute atomic E-state index is 0.00428. The third-order valence-corrected chi connectivity index (χ3v) is 19.0. The molecule has 0 radical (unpaired) electrons. The molecule has 3 aliphatic rings. The first-order chi connectivity index (χ1) is 35.0. The van der Waals surface area contributed by atoms with Crippen molar-refractivity contribution in [3.05, 3.63) is 159 Å². The van der Waals surface area contributed by atoms with Crippen LogP contribution in [0.2, 0.25) is 0 Å². The summed E-state index contributed by atoms with van der Waals surface area (Å²) in [6.45, 7) is 50.1. The van der Waals surface area contributed by atoms with Crippen LogP contribution in [-0.2, 0) is 21.7 Å². The van der Waals surface area contributed by atoms with E-state index in [9.17, 15) is 0 Å². The van der Waals surface area contributed by atoms with E-state index in [0.717, 1.165) is 18.5 Å². The highest BCUT2D eigenvalue weighted by atomic mass is 32.1.